The Morgan fingerprint density at radius 1 is 1.37 bits per heavy atom. The Morgan fingerprint density at radius 2 is 2.05 bits per heavy atom. The smallest absolute Gasteiger partial charge is 0.222 e. The molecule has 0 saturated carbocycles. The number of methoxy groups -OCH3 is 1. The van der Waals surface area contributed by atoms with Gasteiger partial charge in [0.25, 0.3) is 0 Å². The molecule has 1 amide bonds. The van der Waals surface area contributed by atoms with E-state index in [1.165, 1.54) is 5.69 Å². The van der Waals surface area contributed by atoms with Gasteiger partial charge in [-0.15, -0.1) is 0 Å². The summed E-state index contributed by atoms with van der Waals surface area (Å²) in [6.45, 7) is 3.88. The normalized spacial score (nSPS) is 16.3. The molecule has 1 heterocycles. The average molecular weight is 262 g/mol. The van der Waals surface area contributed by atoms with Crippen molar-refractivity contribution in [3.63, 3.8) is 0 Å². The number of ether oxygens (including phenoxy) is 1. The molecular formula is C15H22N2O2. The van der Waals surface area contributed by atoms with Crippen molar-refractivity contribution in [2.24, 2.45) is 5.92 Å². The third kappa shape index (κ3) is 3.00. The zero-order chi connectivity index (χ0) is 13.8. The number of carbonyl (C=O) groups is 1. The van der Waals surface area contributed by atoms with Gasteiger partial charge >= 0.3 is 0 Å². The molecular weight excluding hydrogens is 240 g/mol. The maximum Gasteiger partial charge on any atom is 0.222 e. The number of carbonyl (C=O) groups excluding carboxylic acids is 1. The van der Waals surface area contributed by atoms with Crippen LogP contribution < -0.4 is 15.0 Å². The van der Waals surface area contributed by atoms with Crippen molar-refractivity contribution in [3.8, 4) is 5.75 Å². The molecule has 1 aromatic carbocycles. The summed E-state index contributed by atoms with van der Waals surface area (Å²) >= 11 is 0. The molecule has 0 atom stereocenters. The molecule has 0 spiro atoms. The van der Waals surface area contributed by atoms with Gasteiger partial charge in [-0.1, -0.05) is 6.07 Å². The second-order valence-electron chi connectivity index (χ2n) is 5.03. The summed E-state index contributed by atoms with van der Waals surface area (Å²) in [5.74, 6) is 1.25. The lowest BCUT2D eigenvalue weighted by Gasteiger charge is -2.33. The highest BCUT2D eigenvalue weighted by molar-refractivity contribution is 5.78. The third-order valence-corrected chi connectivity index (χ3v) is 3.87. The fourth-order valence-electron chi connectivity index (χ4n) is 2.61. The molecule has 2 rings (SSSR count). The maximum absolute atomic E-state index is 11.6. The molecule has 1 aliphatic rings. The van der Waals surface area contributed by atoms with E-state index in [2.05, 4.69) is 28.4 Å². The zero-order valence-corrected chi connectivity index (χ0v) is 11.9. The maximum atomic E-state index is 11.6. The lowest BCUT2D eigenvalue weighted by molar-refractivity contribution is -0.125. The van der Waals surface area contributed by atoms with Crippen LogP contribution in [0.4, 0.5) is 5.69 Å². The van der Waals surface area contributed by atoms with Gasteiger partial charge in [-0.3, -0.25) is 4.79 Å². The summed E-state index contributed by atoms with van der Waals surface area (Å²) in [6.07, 6.45) is 1.83. The molecule has 104 valence electrons. The number of hydrogen-bond donors (Lipinski definition) is 1. The van der Waals surface area contributed by atoms with E-state index in [-0.39, 0.29) is 11.8 Å². The van der Waals surface area contributed by atoms with E-state index in [1.807, 2.05) is 6.92 Å². The first-order valence-corrected chi connectivity index (χ1v) is 6.77. The molecule has 1 aliphatic heterocycles. The fourth-order valence-corrected chi connectivity index (χ4v) is 2.61. The number of amides is 1. The summed E-state index contributed by atoms with van der Waals surface area (Å²) in [5, 5.41) is 2.74. The largest absolute Gasteiger partial charge is 0.496 e. The zero-order valence-electron chi connectivity index (χ0n) is 11.9. The number of anilines is 1. The highest BCUT2D eigenvalue weighted by Gasteiger charge is 2.24. The first-order valence-electron chi connectivity index (χ1n) is 6.77. The number of piperidine rings is 1. The van der Waals surface area contributed by atoms with Crippen LogP contribution in [-0.2, 0) is 4.79 Å². The van der Waals surface area contributed by atoms with E-state index < -0.39 is 0 Å². The molecule has 0 aliphatic carbocycles. The first kappa shape index (κ1) is 13.7. The molecule has 0 aromatic heterocycles. The predicted octanol–water partition coefficient (Wildman–Crippen LogP) is 1.97. The van der Waals surface area contributed by atoms with Crippen molar-refractivity contribution in [3.05, 3.63) is 23.8 Å². The molecule has 1 aromatic rings. The highest BCUT2D eigenvalue weighted by Crippen LogP contribution is 2.28. The molecule has 1 N–H and O–H groups in total. The second-order valence-corrected chi connectivity index (χ2v) is 5.03. The van der Waals surface area contributed by atoms with Crippen molar-refractivity contribution in [1.82, 2.24) is 5.32 Å². The number of nitrogens with one attached hydrogen (secondary N) is 1. The molecule has 1 fully saturated rings. The first-order chi connectivity index (χ1) is 9.15. The van der Waals surface area contributed by atoms with E-state index in [9.17, 15) is 4.79 Å². The van der Waals surface area contributed by atoms with Crippen molar-refractivity contribution >= 4 is 11.6 Å². The van der Waals surface area contributed by atoms with Gasteiger partial charge < -0.3 is 15.0 Å². The molecule has 1 saturated heterocycles. The van der Waals surface area contributed by atoms with Crippen molar-refractivity contribution in [2.45, 2.75) is 19.8 Å². The van der Waals surface area contributed by atoms with E-state index in [0.717, 1.165) is 37.2 Å². The molecule has 4 nitrogen and oxygen atoms in total. The number of hydrogen-bond acceptors (Lipinski definition) is 3. The molecule has 0 bridgehead atoms. The third-order valence-electron chi connectivity index (χ3n) is 3.87. The second kappa shape index (κ2) is 5.95. The van der Waals surface area contributed by atoms with Crippen LogP contribution in [0, 0.1) is 12.8 Å². The molecule has 4 heteroatoms. The molecule has 19 heavy (non-hydrogen) atoms. The summed E-state index contributed by atoms with van der Waals surface area (Å²) in [5.41, 5.74) is 2.32. The van der Waals surface area contributed by atoms with Gasteiger partial charge in [-0.25, -0.2) is 0 Å². The van der Waals surface area contributed by atoms with Gasteiger partial charge in [0.1, 0.15) is 5.75 Å². The summed E-state index contributed by atoms with van der Waals surface area (Å²) in [6, 6.07) is 6.28. The van der Waals surface area contributed by atoms with Gasteiger partial charge in [0, 0.05) is 37.8 Å². The molecule has 0 radical (unpaired) electrons. The Hall–Kier alpha value is -1.71. The van der Waals surface area contributed by atoms with Crippen LogP contribution >= 0.6 is 0 Å². The predicted molar refractivity (Wildman–Crippen MR) is 76.7 cm³/mol. The van der Waals surface area contributed by atoms with E-state index >= 15 is 0 Å². The lowest BCUT2D eigenvalue weighted by atomic mass is 9.95. The average Bonchev–Trinajstić information content (AvgIpc) is 2.47. The van der Waals surface area contributed by atoms with Crippen LogP contribution in [-0.4, -0.2) is 33.2 Å². The monoisotopic (exact) mass is 262 g/mol. The van der Waals surface area contributed by atoms with Crippen LogP contribution in [0.15, 0.2) is 18.2 Å². The Balaban J connectivity index is 2.03. The summed E-state index contributed by atoms with van der Waals surface area (Å²) in [4.78, 5) is 13.9. The van der Waals surface area contributed by atoms with Gasteiger partial charge in [0.05, 0.1) is 7.11 Å². The highest BCUT2D eigenvalue weighted by atomic mass is 16.5. The minimum atomic E-state index is 0.161. The van der Waals surface area contributed by atoms with Crippen molar-refractivity contribution in [2.75, 3.05) is 32.1 Å². The Kier molecular flexibility index (Phi) is 4.30. The van der Waals surface area contributed by atoms with Gasteiger partial charge in [-0.05, 0) is 31.4 Å². The van der Waals surface area contributed by atoms with Crippen LogP contribution in [0.2, 0.25) is 0 Å². The minimum absolute atomic E-state index is 0.161. The Labute approximate surface area is 114 Å². The number of aryl methyl sites for hydroxylation is 1. The van der Waals surface area contributed by atoms with E-state index in [1.54, 1.807) is 14.2 Å². The fraction of sp³-hybridized carbons (Fsp3) is 0.533. The minimum Gasteiger partial charge on any atom is -0.496 e. The SMILES string of the molecule is CNC(=O)C1CCN(c2ccc(C)c(OC)c2)CC1. The van der Waals surface area contributed by atoms with Crippen LogP contribution in [0.1, 0.15) is 18.4 Å². The standard InChI is InChI=1S/C15H22N2O2/c1-11-4-5-13(10-14(11)19-3)17-8-6-12(7-9-17)15(18)16-2/h4-5,10,12H,6-9H2,1-3H3,(H,16,18). The van der Waals surface area contributed by atoms with Gasteiger partial charge in [-0.2, -0.15) is 0 Å². The van der Waals surface area contributed by atoms with Gasteiger partial charge in [0.15, 0.2) is 0 Å². The number of benzene rings is 1. The van der Waals surface area contributed by atoms with Crippen LogP contribution in [0.5, 0.6) is 5.75 Å². The molecule has 0 unspecified atom stereocenters. The van der Waals surface area contributed by atoms with Gasteiger partial charge in [0.2, 0.25) is 5.91 Å². The van der Waals surface area contributed by atoms with Crippen LogP contribution in [0.25, 0.3) is 0 Å². The van der Waals surface area contributed by atoms with E-state index in [4.69, 9.17) is 4.74 Å². The Bertz CT molecular complexity index is 451. The van der Waals surface area contributed by atoms with Crippen molar-refractivity contribution in [1.29, 1.82) is 0 Å². The lowest BCUT2D eigenvalue weighted by Crippen LogP contribution is -2.39. The Morgan fingerprint density at radius 3 is 2.63 bits per heavy atom. The quantitative estimate of drug-likeness (QED) is 0.905. The summed E-state index contributed by atoms with van der Waals surface area (Å²) in [7, 11) is 3.41. The number of nitrogens with zero attached hydrogens (tertiary/aromatic N) is 1. The topological polar surface area (TPSA) is 41.6 Å². The summed E-state index contributed by atoms with van der Waals surface area (Å²) < 4.78 is 5.36. The van der Waals surface area contributed by atoms with Crippen LogP contribution in [0.3, 0.4) is 0 Å². The van der Waals surface area contributed by atoms with Crippen molar-refractivity contribution < 1.29 is 9.53 Å². The van der Waals surface area contributed by atoms with E-state index in [0.29, 0.717) is 0 Å². The number of rotatable bonds is 3.